The molecular weight excluding hydrogens is 416 g/mol. The molecule has 0 spiro atoms. The third kappa shape index (κ3) is 3.79. The monoisotopic (exact) mass is 424 g/mol. The van der Waals surface area contributed by atoms with Crippen molar-refractivity contribution in [3.8, 4) is 0 Å². The largest absolute Gasteiger partial charge is 0.399 e. The van der Waals surface area contributed by atoms with Gasteiger partial charge in [0.05, 0.1) is 8.68 Å². The van der Waals surface area contributed by atoms with Crippen molar-refractivity contribution in [2.45, 2.75) is 11.4 Å². The molecule has 3 N–H and O–H groups in total. The second-order valence-corrected chi connectivity index (χ2v) is 8.86. The molecule has 1 heterocycles. The molecule has 2 aromatic rings. The van der Waals surface area contributed by atoms with Crippen LogP contribution < -0.4 is 10.5 Å². The first-order chi connectivity index (χ1) is 8.88. The van der Waals surface area contributed by atoms with Crippen molar-refractivity contribution in [3.05, 3.63) is 43.5 Å². The molecule has 1 aromatic carbocycles. The third-order valence-electron chi connectivity index (χ3n) is 2.31. The highest BCUT2D eigenvalue weighted by molar-refractivity contribution is 9.11. The molecule has 0 aliphatic carbocycles. The van der Waals surface area contributed by atoms with E-state index in [4.69, 9.17) is 5.73 Å². The molecule has 0 fully saturated rings. The number of hydrogen-bond donors (Lipinski definition) is 2. The van der Waals surface area contributed by atoms with Gasteiger partial charge in [0.15, 0.2) is 0 Å². The van der Waals surface area contributed by atoms with Crippen LogP contribution in [0.4, 0.5) is 5.69 Å². The maximum atomic E-state index is 12.2. The van der Waals surface area contributed by atoms with Crippen molar-refractivity contribution in [1.82, 2.24) is 4.72 Å². The lowest BCUT2D eigenvalue weighted by Gasteiger charge is -2.08. The molecule has 19 heavy (non-hydrogen) atoms. The predicted octanol–water partition coefficient (Wildman–Crippen LogP) is 3.33. The molecule has 0 saturated carbocycles. The summed E-state index contributed by atoms with van der Waals surface area (Å²) < 4.78 is 28.3. The highest BCUT2D eigenvalue weighted by Crippen LogP contribution is 2.25. The standard InChI is InChI=1S/C11H10Br2N2O2S2/c12-9-5-7(14)1-3-10(9)19(16,17)15-6-8-2-4-11(13)18-8/h1-5,15H,6,14H2. The number of rotatable bonds is 4. The van der Waals surface area contributed by atoms with Crippen molar-refractivity contribution >= 4 is 58.9 Å². The molecule has 8 heteroatoms. The number of nitrogens with one attached hydrogen (secondary N) is 1. The van der Waals surface area contributed by atoms with Gasteiger partial charge in [0.25, 0.3) is 0 Å². The molecule has 0 atom stereocenters. The number of benzene rings is 1. The Hall–Kier alpha value is -0.410. The maximum Gasteiger partial charge on any atom is 0.242 e. The fourth-order valence-corrected chi connectivity index (χ4v) is 5.04. The number of thiophene rings is 1. The molecule has 2 rings (SSSR count). The number of halogens is 2. The van der Waals surface area contributed by atoms with Gasteiger partial charge in [0.2, 0.25) is 10.0 Å². The fraction of sp³-hybridized carbons (Fsp3) is 0.0909. The van der Waals surface area contributed by atoms with Crippen LogP contribution >= 0.6 is 43.2 Å². The minimum atomic E-state index is -3.56. The summed E-state index contributed by atoms with van der Waals surface area (Å²) in [6.07, 6.45) is 0. The Kier molecular flexibility index (Phi) is 4.67. The summed E-state index contributed by atoms with van der Waals surface area (Å²) in [4.78, 5) is 1.11. The van der Waals surface area contributed by atoms with Crippen molar-refractivity contribution < 1.29 is 8.42 Å². The molecule has 0 aliphatic rings. The van der Waals surface area contributed by atoms with Gasteiger partial charge in [-0.1, -0.05) is 0 Å². The zero-order valence-electron chi connectivity index (χ0n) is 9.56. The maximum absolute atomic E-state index is 12.2. The Bertz CT molecular complexity index is 698. The van der Waals surface area contributed by atoms with Crippen molar-refractivity contribution in [3.63, 3.8) is 0 Å². The number of anilines is 1. The SMILES string of the molecule is Nc1ccc(S(=O)(=O)NCc2ccc(Br)s2)c(Br)c1. The zero-order valence-corrected chi connectivity index (χ0v) is 14.4. The van der Waals surface area contributed by atoms with E-state index in [1.54, 1.807) is 12.1 Å². The summed E-state index contributed by atoms with van der Waals surface area (Å²) in [6, 6.07) is 8.35. The van der Waals surface area contributed by atoms with Crippen LogP contribution in [0.1, 0.15) is 4.88 Å². The van der Waals surface area contributed by atoms with Gasteiger partial charge >= 0.3 is 0 Å². The highest BCUT2D eigenvalue weighted by Gasteiger charge is 2.17. The van der Waals surface area contributed by atoms with Crippen molar-refractivity contribution in [2.75, 3.05) is 5.73 Å². The summed E-state index contributed by atoms with van der Waals surface area (Å²) >= 11 is 8.03. The van der Waals surface area contributed by atoms with Gasteiger partial charge < -0.3 is 5.73 Å². The summed E-state index contributed by atoms with van der Waals surface area (Å²) in [5.41, 5.74) is 6.10. The summed E-state index contributed by atoms with van der Waals surface area (Å²) in [6.45, 7) is 0.259. The first-order valence-electron chi connectivity index (χ1n) is 5.17. The van der Waals surface area contributed by atoms with E-state index in [-0.39, 0.29) is 11.4 Å². The molecule has 0 aliphatic heterocycles. The minimum Gasteiger partial charge on any atom is -0.399 e. The van der Waals surface area contributed by atoms with E-state index >= 15 is 0 Å². The van der Waals surface area contributed by atoms with Gasteiger partial charge in [-0.2, -0.15) is 0 Å². The molecule has 0 amide bonds. The van der Waals surface area contributed by atoms with E-state index in [0.29, 0.717) is 10.2 Å². The van der Waals surface area contributed by atoms with E-state index in [0.717, 1.165) is 8.66 Å². The van der Waals surface area contributed by atoms with E-state index < -0.39 is 10.0 Å². The van der Waals surface area contributed by atoms with Crippen LogP contribution in [-0.4, -0.2) is 8.42 Å². The fourth-order valence-electron chi connectivity index (χ4n) is 1.43. The topological polar surface area (TPSA) is 72.2 Å². The normalized spacial score (nSPS) is 11.7. The molecule has 0 bridgehead atoms. The van der Waals surface area contributed by atoms with Gasteiger partial charge in [-0.15, -0.1) is 11.3 Å². The summed E-state index contributed by atoms with van der Waals surface area (Å²) in [7, 11) is -3.56. The van der Waals surface area contributed by atoms with Crippen LogP contribution in [0.2, 0.25) is 0 Å². The second kappa shape index (κ2) is 5.92. The quantitative estimate of drug-likeness (QED) is 0.737. The molecule has 0 radical (unpaired) electrons. The predicted molar refractivity (Wildman–Crippen MR) is 84.6 cm³/mol. The van der Waals surface area contributed by atoms with E-state index in [1.807, 2.05) is 12.1 Å². The molecule has 4 nitrogen and oxygen atoms in total. The Morgan fingerprint density at radius 3 is 2.53 bits per heavy atom. The van der Waals surface area contributed by atoms with Crippen molar-refractivity contribution in [2.24, 2.45) is 0 Å². The van der Waals surface area contributed by atoms with E-state index in [1.165, 1.54) is 17.4 Å². The average molecular weight is 426 g/mol. The first kappa shape index (κ1) is 15.0. The van der Waals surface area contributed by atoms with Gasteiger partial charge in [-0.05, 0) is 62.2 Å². The van der Waals surface area contributed by atoms with Gasteiger partial charge in [-0.3, -0.25) is 0 Å². The Labute approximate surface area is 132 Å². The number of hydrogen-bond acceptors (Lipinski definition) is 4. The molecule has 102 valence electrons. The minimum absolute atomic E-state index is 0.178. The highest BCUT2D eigenvalue weighted by atomic mass is 79.9. The van der Waals surface area contributed by atoms with Crippen LogP contribution in [0.5, 0.6) is 0 Å². The summed E-state index contributed by atoms with van der Waals surface area (Å²) in [5.74, 6) is 0. The first-order valence-corrected chi connectivity index (χ1v) is 9.06. The smallest absolute Gasteiger partial charge is 0.242 e. The van der Waals surface area contributed by atoms with Gasteiger partial charge in [0, 0.05) is 21.6 Å². The van der Waals surface area contributed by atoms with Crippen LogP contribution in [-0.2, 0) is 16.6 Å². The number of nitrogen functional groups attached to an aromatic ring is 1. The zero-order chi connectivity index (χ0) is 14.0. The van der Waals surface area contributed by atoms with Crippen molar-refractivity contribution in [1.29, 1.82) is 0 Å². The second-order valence-electron chi connectivity index (χ2n) is 3.72. The molecule has 0 unspecified atom stereocenters. The van der Waals surface area contributed by atoms with E-state index in [2.05, 4.69) is 36.6 Å². The van der Waals surface area contributed by atoms with E-state index in [9.17, 15) is 8.42 Å². The summed E-state index contributed by atoms with van der Waals surface area (Å²) in [5, 5.41) is 0. The van der Waals surface area contributed by atoms with Crippen LogP contribution in [0.15, 0.2) is 43.5 Å². The number of sulfonamides is 1. The van der Waals surface area contributed by atoms with Gasteiger partial charge in [-0.25, -0.2) is 13.1 Å². The number of nitrogens with two attached hydrogens (primary N) is 1. The van der Waals surface area contributed by atoms with Gasteiger partial charge in [0.1, 0.15) is 0 Å². The average Bonchev–Trinajstić information content (AvgIpc) is 2.72. The van der Waals surface area contributed by atoms with Crippen LogP contribution in [0.25, 0.3) is 0 Å². The van der Waals surface area contributed by atoms with Crippen LogP contribution in [0.3, 0.4) is 0 Å². The molecular formula is C11H10Br2N2O2S2. The Balaban J connectivity index is 2.18. The Morgan fingerprint density at radius 1 is 1.21 bits per heavy atom. The molecule has 0 saturated heterocycles. The lowest BCUT2D eigenvalue weighted by Crippen LogP contribution is -2.23. The Morgan fingerprint density at radius 2 is 1.95 bits per heavy atom. The lowest BCUT2D eigenvalue weighted by molar-refractivity contribution is 0.581. The molecule has 1 aromatic heterocycles. The van der Waals surface area contributed by atoms with Crippen LogP contribution in [0, 0.1) is 0 Å². The lowest BCUT2D eigenvalue weighted by atomic mass is 10.3. The third-order valence-corrected chi connectivity index (χ3v) is 6.31.